The molecule has 3 aromatic rings. The van der Waals surface area contributed by atoms with Gasteiger partial charge < -0.3 is 15.2 Å². The lowest BCUT2D eigenvalue weighted by atomic mass is 10.0. The molecule has 0 saturated carbocycles. The standard InChI is InChI=1S/C19H17FN2O2S/c1-11-7-8-13(12(2)9-11)18-16(10-17(23)24)25-19(22-18)21-15-6-4-3-5-14(15)20/h3-9H,10H2,1-2H3,(H,21,22)(H,23,24)/p-1. The van der Waals surface area contributed by atoms with Crippen LogP contribution in [0.4, 0.5) is 15.2 Å². The fourth-order valence-electron chi connectivity index (χ4n) is 2.62. The molecular formula is C19H16FN2O2S-. The number of hydrogen-bond donors (Lipinski definition) is 1. The molecule has 0 aliphatic heterocycles. The normalized spacial score (nSPS) is 10.7. The Labute approximate surface area is 149 Å². The molecular weight excluding hydrogens is 339 g/mol. The van der Waals surface area contributed by atoms with Crippen LogP contribution < -0.4 is 10.4 Å². The first kappa shape index (κ1) is 17.1. The van der Waals surface area contributed by atoms with Gasteiger partial charge >= 0.3 is 0 Å². The summed E-state index contributed by atoms with van der Waals surface area (Å²) in [6, 6.07) is 12.2. The minimum absolute atomic E-state index is 0.237. The Morgan fingerprint density at radius 2 is 2.00 bits per heavy atom. The third kappa shape index (κ3) is 3.85. The highest BCUT2D eigenvalue weighted by atomic mass is 32.1. The van der Waals surface area contributed by atoms with Gasteiger partial charge in [0.2, 0.25) is 0 Å². The Balaban J connectivity index is 2.03. The number of carbonyl (C=O) groups excluding carboxylic acids is 1. The molecule has 0 atom stereocenters. The van der Waals surface area contributed by atoms with E-state index in [1.807, 2.05) is 32.0 Å². The van der Waals surface area contributed by atoms with Crippen LogP contribution in [0.5, 0.6) is 0 Å². The molecule has 6 heteroatoms. The smallest absolute Gasteiger partial charge is 0.188 e. The van der Waals surface area contributed by atoms with Crippen LogP contribution in [0.15, 0.2) is 42.5 Å². The lowest BCUT2D eigenvalue weighted by molar-refractivity contribution is -0.304. The fourth-order valence-corrected chi connectivity index (χ4v) is 3.60. The predicted molar refractivity (Wildman–Crippen MR) is 95.4 cm³/mol. The van der Waals surface area contributed by atoms with E-state index in [1.54, 1.807) is 18.2 Å². The molecule has 0 radical (unpaired) electrons. The van der Waals surface area contributed by atoms with Gasteiger partial charge in [-0.3, -0.25) is 0 Å². The van der Waals surface area contributed by atoms with E-state index in [9.17, 15) is 14.3 Å². The number of benzene rings is 2. The lowest BCUT2D eigenvalue weighted by Gasteiger charge is -2.07. The van der Waals surface area contributed by atoms with Crippen molar-refractivity contribution in [3.63, 3.8) is 0 Å². The maximum absolute atomic E-state index is 13.8. The van der Waals surface area contributed by atoms with Gasteiger partial charge in [0.05, 0.1) is 11.4 Å². The number of carboxylic acids is 1. The summed E-state index contributed by atoms with van der Waals surface area (Å²) in [5.74, 6) is -1.57. The Morgan fingerprint density at radius 1 is 1.24 bits per heavy atom. The largest absolute Gasteiger partial charge is 0.550 e. The van der Waals surface area contributed by atoms with Crippen LogP contribution >= 0.6 is 11.3 Å². The Morgan fingerprint density at radius 3 is 2.68 bits per heavy atom. The van der Waals surface area contributed by atoms with Crippen molar-refractivity contribution in [2.24, 2.45) is 0 Å². The number of aliphatic carboxylic acids is 1. The van der Waals surface area contributed by atoms with E-state index < -0.39 is 11.8 Å². The number of thiazole rings is 1. The van der Waals surface area contributed by atoms with E-state index in [4.69, 9.17) is 0 Å². The number of halogens is 1. The minimum Gasteiger partial charge on any atom is -0.550 e. The summed E-state index contributed by atoms with van der Waals surface area (Å²) < 4.78 is 13.8. The van der Waals surface area contributed by atoms with E-state index >= 15 is 0 Å². The van der Waals surface area contributed by atoms with Gasteiger partial charge in [-0.2, -0.15) is 0 Å². The van der Waals surface area contributed by atoms with Gasteiger partial charge in [-0.25, -0.2) is 9.37 Å². The fraction of sp³-hybridized carbons (Fsp3) is 0.158. The molecule has 0 unspecified atom stereocenters. The number of aromatic nitrogens is 1. The van der Waals surface area contributed by atoms with Crippen molar-refractivity contribution in [1.82, 2.24) is 4.98 Å². The number of nitrogens with zero attached hydrogens (tertiary/aromatic N) is 1. The summed E-state index contributed by atoms with van der Waals surface area (Å²) in [7, 11) is 0. The highest BCUT2D eigenvalue weighted by molar-refractivity contribution is 7.16. The zero-order chi connectivity index (χ0) is 18.0. The van der Waals surface area contributed by atoms with Gasteiger partial charge in [0.25, 0.3) is 0 Å². The summed E-state index contributed by atoms with van der Waals surface area (Å²) in [4.78, 5) is 16.2. The number of rotatable bonds is 5. The number of carbonyl (C=O) groups is 1. The zero-order valence-electron chi connectivity index (χ0n) is 13.8. The van der Waals surface area contributed by atoms with Crippen LogP contribution in [0.25, 0.3) is 11.3 Å². The molecule has 0 amide bonds. The number of anilines is 2. The van der Waals surface area contributed by atoms with Crippen molar-refractivity contribution in [2.45, 2.75) is 20.3 Å². The quantitative estimate of drug-likeness (QED) is 0.759. The van der Waals surface area contributed by atoms with Gasteiger partial charge in [0.15, 0.2) is 5.13 Å². The maximum Gasteiger partial charge on any atom is 0.188 e. The molecule has 1 heterocycles. The van der Waals surface area contributed by atoms with E-state index in [0.29, 0.717) is 21.4 Å². The second-order valence-corrected chi connectivity index (χ2v) is 6.85. The van der Waals surface area contributed by atoms with Gasteiger partial charge in [0, 0.05) is 22.8 Å². The third-order valence-corrected chi connectivity index (χ3v) is 4.73. The molecule has 1 N–H and O–H groups in total. The second kappa shape index (κ2) is 7.03. The Kier molecular flexibility index (Phi) is 4.81. The van der Waals surface area contributed by atoms with Crippen molar-refractivity contribution >= 4 is 28.1 Å². The van der Waals surface area contributed by atoms with Crippen LogP contribution in [0.1, 0.15) is 16.0 Å². The Bertz CT molecular complexity index is 937. The number of carboxylic acid groups (broad SMARTS) is 1. The molecule has 0 aliphatic rings. The van der Waals surface area contributed by atoms with Crippen LogP contribution in [-0.4, -0.2) is 11.0 Å². The molecule has 128 valence electrons. The van der Waals surface area contributed by atoms with Crippen molar-refractivity contribution in [3.05, 3.63) is 64.3 Å². The van der Waals surface area contributed by atoms with E-state index in [1.165, 1.54) is 17.4 Å². The topological polar surface area (TPSA) is 65.0 Å². The zero-order valence-corrected chi connectivity index (χ0v) is 14.6. The van der Waals surface area contributed by atoms with Gasteiger partial charge in [-0.15, -0.1) is 11.3 Å². The molecule has 0 aliphatic carbocycles. The van der Waals surface area contributed by atoms with Crippen LogP contribution in [-0.2, 0) is 11.2 Å². The number of hydrogen-bond acceptors (Lipinski definition) is 5. The second-order valence-electron chi connectivity index (χ2n) is 5.76. The SMILES string of the molecule is Cc1ccc(-c2nc(Nc3ccccc3F)sc2CC(=O)[O-])c(C)c1. The van der Waals surface area contributed by atoms with Crippen LogP contribution in [0.3, 0.4) is 0 Å². The van der Waals surface area contributed by atoms with Crippen molar-refractivity contribution in [2.75, 3.05) is 5.32 Å². The highest BCUT2D eigenvalue weighted by Gasteiger charge is 2.16. The van der Waals surface area contributed by atoms with Crippen LogP contribution in [0.2, 0.25) is 0 Å². The first-order valence-corrected chi connectivity index (χ1v) is 8.54. The number of aryl methyl sites for hydroxylation is 2. The maximum atomic E-state index is 13.8. The van der Waals surface area contributed by atoms with Crippen molar-refractivity contribution in [1.29, 1.82) is 0 Å². The first-order valence-electron chi connectivity index (χ1n) is 7.73. The summed E-state index contributed by atoms with van der Waals surface area (Å²) in [6.45, 7) is 3.94. The first-order chi connectivity index (χ1) is 11.9. The highest BCUT2D eigenvalue weighted by Crippen LogP contribution is 2.35. The summed E-state index contributed by atoms with van der Waals surface area (Å²) >= 11 is 1.19. The average Bonchev–Trinajstić information content (AvgIpc) is 2.91. The van der Waals surface area contributed by atoms with Gasteiger partial charge in [0.1, 0.15) is 5.82 Å². The van der Waals surface area contributed by atoms with Gasteiger partial charge in [-0.05, 0) is 31.5 Å². The van der Waals surface area contributed by atoms with E-state index in [-0.39, 0.29) is 6.42 Å². The third-order valence-electron chi connectivity index (χ3n) is 3.75. The molecule has 1 aromatic heterocycles. The monoisotopic (exact) mass is 355 g/mol. The molecule has 2 aromatic carbocycles. The average molecular weight is 355 g/mol. The predicted octanol–water partition coefficient (Wildman–Crippen LogP) is 3.60. The van der Waals surface area contributed by atoms with Gasteiger partial charge in [-0.1, -0.05) is 35.9 Å². The van der Waals surface area contributed by atoms with Crippen molar-refractivity contribution in [3.8, 4) is 11.3 Å². The summed E-state index contributed by atoms with van der Waals surface area (Å²) in [6.07, 6.45) is -0.237. The number of nitrogens with one attached hydrogen (secondary N) is 1. The molecule has 4 nitrogen and oxygen atoms in total. The lowest BCUT2D eigenvalue weighted by Crippen LogP contribution is -2.24. The molecule has 0 spiro atoms. The molecule has 25 heavy (non-hydrogen) atoms. The summed E-state index contributed by atoms with van der Waals surface area (Å²) in [5, 5.41) is 14.5. The van der Waals surface area contributed by atoms with Crippen molar-refractivity contribution < 1.29 is 14.3 Å². The molecule has 0 fully saturated rings. The summed E-state index contributed by atoms with van der Waals surface area (Å²) in [5.41, 5.74) is 3.86. The minimum atomic E-state index is -1.17. The van der Waals surface area contributed by atoms with E-state index in [2.05, 4.69) is 10.3 Å². The molecule has 3 rings (SSSR count). The molecule has 0 bridgehead atoms. The Hall–Kier alpha value is -2.73. The van der Waals surface area contributed by atoms with Crippen LogP contribution in [0, 0.1) is 19.7 Å². The van der Waals surface area contributed by atoms with E-state index in [0.717, 1.165) is 16.7 Å². The molecule has 0 saturated heterocycles. The number of para-hydroxylation sites is 1.